The van der Waals surface area contributed by atoms with Gasteiger partial charge in [-0.05, 0) is 44.1 Å². The number of amides is 2. The second-order valence-electron chi connectivity index (χ2n) is 8.47. The first-order chi connectivity index (χ1) is 13.8. The molecule has 0 bridgehead atoms. The molecule has 1 aromatic heterocycles. The van der Waals surface area contributed by atoms with Crippen LogP contribution in [0.3, 0.4) is 0 Å². The molecule has 2 fully saturated rings. The molecule has 158 valence electrons. The van der Waals surface area contributed by atoms with Gasteiger partial charge in [-0.25, -0.2) is 4.98 Å². The molecule has 0 radical (unpaired) electrons. The first-order valence-electron chi connectivity index (χ1n) is 10.3. The van der Waals surface area contributed by atoms with E-state index in [0.717, 1.165) is 19.3 Å². The first-order valence-corrected chi connectivity index (χ1v) is 10.3. The molecule has 1 unspecified atom stereocenters. The molecular weight excluding hydrogens is 370 g/mol. The van der Waals surface area contributed by atoms with Crippen molar-refractivity contribution in [2.24, 2.45) is 17.6 Å². The zero-order valence-electron chi connectivity index (χ0n) is 17.4. The quantitative estimate of drug-likeness (QED) is 0.573. The van der Waals surface area contributed by atoms with Crippen molar-refractivity contribution in [3.05, 3.63) is 23.9 Å². The Hall–Kier alpha value is -2.48. The van der Waals surface area contributed by atoms with Crippen molar-refractivity contribution in [2.75, 3.05) is 18.4 Å². The number of piperidine rings is 1. The number of ketones is 1. The minimum absolute atomic E-state index is 0.00757. The number of carbonyl (C=O) groups is 3. The van der Waals surface area contributed by atoms with Crippen LogP contribution in [0.4, 0.5) is 5.82 Å². The molecule has 8 nitrogen and oxygen atoms in total. The molecule has 3 rings (SSSR count). The van der Waals surface area contributed by atoms with Crippen molar-refractivity contribution in [3.63, 3.8) is 0 Å². The number of nitrogens with two attached hydrogens (primary N) is 1. The number of pyridine rings is 1. The zero-order valence-corrected chi connectivity index (χ0v) is 17.4. The molecule has 2 amide bonds. The van der Waals surface area contributed by atoms with Crippen LogP contribution in [0, 0.1) is 11.8 Å². The third-order valence-electron chi connectivity index (χ3n) is 5.73. The van der Waals surface area contributed by atoms with Crippen molar-refractivity contribution >= 4 is 23.4 Å². The lowest BCUT2D eigenvalue weighted by Crippen LogP contribution is -2.49. The first kappa shape index (κ1) is 21.2. The van der Waals surface area contributed by atoms with Crippen molar-refractivity contribution in [1.29, 1.82) is 0 Å². The van der Waals surface area contributed by atoms with Gasteiger partial charge in [-0.1, -0.05) is 19.9 Å². The van der Waals surface area contributed by atoms with Crippen LogP contribution in [-0.4, -0.2) is 52.7 Å². The van der Waals surface area contributed by atoms with Crippen LogP contribution >= 0.6 is 0 Å². The van der Waals surface area contributed by atoms with Crippen molar-refractivity contribution in [1.82, 2.24) is 15.2 Å². The van der Waals surface area contributed by atoms with E-state index in [-0.39, 0.29) is 30.2 Å². The molecule has 8 heteroatoms. The maximum absolute atomic E-state index is 12.9. The summed E-state index contributed by atoms with van der Waals surface area (Å²) < 4.78 is 0. The van der Waals surface area contributed by atoms with Gasteiger partial charge in [0, 0.05) is 24.3 Å². The van der Waals surface area contributed by atoms with Gasteiger partial charge in [0.05, 0.1) is 12.6 Å². The Morgan fingerprint density at radius 2 is 2.07 bits per heavy atom. The average molecular weight is 402 g/mol. The maximum Gasteiger partial charge on any atom is 0.242 e. The highest BCUT2D eigenvalue weighted by Gasteiger charge is 2.55. The smallest absolute Gasteiger partial charge is 0.242 e. The largest absolute Gasteiger partial charge is 0.361 e. The average Bonchev–Trinajstić information content (AvgIpc) is 3.34. The Kier molecular flexibility index (Phi) is 6.52. The van der Waals surface area contributed by atoms with E-state index < -0.39 is 12.1 Å². The Bertz CT molecular complexity index is 781. The van der Waals surface area contributed by atoms with Gasteiger partial charge in [0.2, 0.25) is 11.8 Å². The molecule has 1 aliphatic heterocycles. The Balaban J connectivity index is 1.61. The van der Waals surface area contributed by atoms with Crippen LogP contribution in [0.5, 0.6) is 0 Å². The van der Waals surface area contributed by atoms with Crippen LogP contribution in [0.1, 0.15) is 51.6 Å². The highest BCUT2D eigenvalue weighted by atomic mass is 16.2. The highest BCUT2D eigenvalue weighted by molar-refractivity contribution is 5.91. The van der Waals surface area contributed by atoms with E-state index in [1.807, 2.05) is 0 Å². The summed E-state index contributed by atoms with van der Waals surface area (Å²) in [6.07, 6.45) is 4.19. The number of rotatable bonds is 9. The highest BCUT2D eigenvalue weighted by Crippen LogP contribution is 2.47. The zero-order chi connectivity index (χ0) is 21.1. The molecule has 1 saturated heterocycles. The molecule has 2 heterocycles. The molecule has 0 aromatic carbocycles. The summed E-state index contributed by atoms with van der Waals surface area (Å²) in [5, 5.41) is 5.99. The molecule has 1 aromatic rings. The number of nitrogens with one attached hydrogen (secondary N) is 2. The molecule has 4 atom stereocenters. The number of anilines is 1. The van der Waals surface area contributed by atoms with Gasteiger partial charge in [0.1, 0.15) is 11.9 Å². The number of hydrogen-bond acceptors (Lipinski definition) is 6. The van der Waals surface area contributed by atoms with E-state index in [0.29, 0.717) is 29.8 Å². The lowest BCUT2D eigenvalue weighted by Gasteiger charge is -2.27. The Morgan fingerprint density at radius 1 is 1.31 bits per heavy atom. The fourth-order valence-electron chi connectivity index (χ4n) is 3.94. The van der Waals surface area contributed by atoms with Crippen molar-refractivity contribution < 1.29 is 14.4 Å². The van der Waals surface area contributed by atoms with Crippen LogP contribution in [-0.2, 0) is 14.4 Å². The molecule has 1 aliphatic carbocycles. The van der Waals surface area contributed by atoms with Gasteiger partial charge in [0.25, 0.3) is 0 Å². The number of carbonyl (C=O) groups excluding carboxylic acids is 3. The minimum atomic E-state index is -0.791. The molecule has 1 saturated carbocycles. The van der Waals surface area contributed by atoms with Gasteiger partial charge in [-0.15, -0.1) is 0 Å². The minimum Gasteiger partial charge on any atom is -0.361 e. The molecule has 29 heavy (non-hydrogen) atoms. The van der Waals surface area contributed by atoms with Crippen LogP contribution in [0.2, 0.25) is 0 Å². The molecular formula is C21H31N5O3. The van der Waals surface area contributed by atoms with Crippen LogP contribution < -0.4 is 16.4 Å². The SMILES string of the molecule is CC(=O)C(N)c1cccnc1NCC(=O)N1[C@@H]2C[C@@H]2C[C@H]1C(=O)NCCC(C)C. The van der Waals surface area contributed by atoms with E-state index in [1.54, 1.807) is 23.2 Å². The lowest BCUT2D eigenvalue weighted by atomic mass is 10.1. The number of Topliss-reactive ketones (excluding diaryl/α,β-unsaturated/α-hetero) is 1. The van der Waals surface area contributed by atoms with E-state index in [1.165, 1.54) is 6.92 Å². The fourth-order valence-corrected chi connectivity index (χ4v) is 3.94. The topological polar surface area (TPSA) is 117 Å². The molecule has 0 spiro atoms. The predicted molar refractivity (Wildman–Crippen MR) is 110 cm³/mol. The van der Waals surface area contributed by atoms with Crippen LogP contribution in [0.25, 0.3) is 0 Å². The van der Waals surface area contributed by atoms with Gasteiger partial charge >= 0.3 is 0 Å². The van der Waals surface area contributed by atoms with Gasteiger partial charge in [-0.3, -0.25) is 14.4 Å². The molecule has 4 N–H and O–H groups in total. The van der Waals surface area contributed by atoms with E-state index in [4.69, 9.17) is 5.73 Å². The summed E-state index contributed by atoms with van der Waals surface area (Å²) >= 11 is 0. The number of likely N-dealkylation sites (tertiary alicyclic amines) is 1. The third-order valence-corrected chi connectivity index (χ3v) is 5.73. The molecule has 2 aliphatic rings. The van der Waals surface area contributed by atoms with Crippen molar-refractivity contribution in [2.45, 2.75) is 58.2 Å². The van der Waals surface area contributed by atoms with Gasteiger partial charge in [-0.2, -0.15) is 0 Å². The van der Waals surface area contributed by atoms with Gasteiger partial charge < -0.3 is 21.3 Å². The summed E-state index contributed by atoms with van der Waals surface area (Å²) in [6.45, 7) is 6.29. The predicted octanol–water partition coefficient (Wildman–Crippen LogP) is 1.23. The van der Waals surface area contributed by atoms with Crippen LogP contribution in [0.15, 0.2) is 18.3 Å². The monoisotopic (exact) mass is 401 g/mol. The summed E-state index contributed by atoms with van der Waals surface area (Å²) in [6, 6.07) is 2.40. The second-order valence-corrected chi connectivity index (χ2v) is 8.47. The summed E-state index contributed by atoms with van der Waals surface area (Å²) in [5.41, 5.74) is 6.50. The van der Waals surface area contributed by atoms with Gasteiger partial charge in [0.15, 0.2) is 5.78 Å². The number of hydrogen-bond donors (Lipinski definition) is 3. The number of nitrogens with zero attached hydrogens (tertiary/aromatic N) is 2. The van der Waals surface area contributed by atoms with E-state index >= 15 is 0 Å². The number of fused-ring (bicyclic) bond motifs is 1. The van der Waals surface area contributed by atoms with Crippen molar-refractivity contribution in [3.8, 4) is 0 Å². The summed E-state index contributed by atoms with van der Waals surface area (Å²) in [5.74, 6) is 0.994. The van der Waals surface area contributed by atoms with E-state index in [2.05, 4.69) is 29.5 Å². The standard InChI is InChI=1S/C21H31N5O3/c1-12(2)6-8-24-21(29)17-10-14-9-16(14)26(17)18(28)11-25-20-15(5-4-7-23-20)19(22)13(3)27/h4-5,7,12,14,16-17,19H,6,8-11,22H2,1-3H3,(H,23,25)(H,24,29)/t14-,16-,17+,19?/m1/s1. The number of aromatic nitrogens is 1. The summed E-state index contributed by atoms with van der Waals surface area (Å²) in [4.78, 5) is 43.1. The second kappa shape index (κ2) is 8.90. The summed E-state index contributed by atoms with van der Waals surface area (Å²) in [7, 11) is 0. The fraction of sp³-hybridized carbons (Fsp3) is 0.619. The third kappa shape index (κ3) is 4.93. The van der Waals surface area contributed by atoms with E-state index in [9.17, 15) is 14.4 Å². The Labute approximate surface area is 171 Å². The normalized spacial score (nSPS) is 23.5. The maximum atomic E-state index is 12.9. The Morgan fingerprint density at radius 3 is 2.76 bits per heavy atom. The lowest BCUT2D eigenvalue weighted by molar-refractivity contribution is -0.138.